The van der Waals surface area contributed by atoms with Crippen LogP contribution in [0.25, 0.3) is 0 Å². The van der Waals surface area contributed by atoms with Crippen LogP contribution in [0.2, 0.25) is 0 Å². The lowest BCUT2D eigenvalue weighted by Crippen LogP contribution is -2.13. The van der Waals surface area contributed by atoms with E-state index in [2.05, 4.69) is 10.1 Å². The van der Waals surface area contributed by atoms with E-state index in [-0.39, 0.29) is 16.9 Å². The van der Waals surface area contributed by atoms with Gasteiger partial charge in [-0.15, -0.1) is 0 Å². The van der Waals surface area contributed by atoms with Crippen LogP contribution in [0.3, 0.4) is 0 Å². The quantitative estimate of drug-likeness (QED) is 0.940. The molecule has 6 heteroatoms. The maximum absolute atomic E-state index is 12.4. The lowest BCUT2D eigenvalue weighted by molar-refractivity contribution is 0.414. The Labute approximate surface area is 133 Å². The minimum atomic E-state index is -0.0618. The van der Waals surface area contributed by atoms with Crippen molar-refractivity contribution in [2.75, 3.05) is 7.11 Å². The van der Waals surface area contributed by atoms with Crippen molar-refractivity contribution in [2.24, 2.45) is 4.99 Å². The van der Waals surface area contributed by atoms with Gasteiger partial charge in [0, 0.05) is 6.04 Å². The van der Waals surface area contributed by atoms with E-state index in [1.165, 1.54) is 0 Å². The van der Waals surface area contributed by atoms with E-state index in [1.807, 2.05) is 49.7 Å². The van der Waals surface area contributed by atoms with Crippen LogP contribution < -0.4 is 10.3 Å². The maximum atomic E-state index is 12.4. The van der Waals surface area contributed by atoms with Gasteiger partial charge in [-0.3, -0.25) is 14.6 Å². The van der Waals surface area contributed by atoms with Crippen LogP contribution in [0, 0.1) is 0 Å². The highest BCUT2D eigenvalue weighted by molar-refractivity contribution is 8.14. The predicted molar refractivity (Wildman–Crippen MR) is 90.6 cm³/mol. The molecule has 0 bridgehead atoms. The summed E-state index contributed by atoms with van der Waals surface area (Å²) in [6.07, 6.45) is 0. The molecule has 0 fully saturated rings. The number of H-pyrrole nitrogens is 1. The second-order valence-electron chi connectivity index (χ2n) is 5.54. The van der Waals surface area contributed by atoms with Gasteiger partial charge in [-0.1, -0.05) is 23.9 Å². The number of nitrogens with zero attached hydrogens (tertiary/aromatic N) is 2. The molecule has 116 valence electrons. The van der Waals surface area contributed by atoms with Gasteiger partial charge in [-0.25, -0.2) is 4.99 Å². The van der Waals surface area contributed by atoms with Gasteiger partial charge in [0.05, 0.1) is 23.0 Å². The highest BCUT2D eigenvalue weighted by Crippen LogP contribution is 2.44. The smallest absolute Gasteiger partial charge is 0.271 e. The fourth-order valence-electron chi connectivity index (χ4n) is 2.60. The highest BCUT2D eigenvalue weighted by Gasteiger charge is 2.30. The summed E-state index contributed by atoms with van der Waals surface area (Å²) >= 11 is 1.61. The van der Waals surface area contributed by atoms with E-state index in [4.69, 9.17) is 4.74 Å². The van der Waals surface area contributed by atoms with Gasteiger partial charge in [-0.2, -0.15) is 0 Å². The zero-order valence-corrected chi connectivity index (χ0v) is 13.9. The molecule has 0 amide bonds. The molecule has 1 aromatic carbocycles. The minimum absolute atomic E-state index is 0.0397. The SMILES string of the molecule is COc1ccc([C@H]2SC(C)=Nc3c2c(=O)[nH]n3C(C)C)cc1. The number of nitrogens with one attached hydrogen (secondary N) is 1. The van der Waals surface area contributed by atoms with E-state index in [0.717, 1.165) is 27.7 Å². The van der Waals surface area contributed by atoms with Crippen LogP contribution in [0.4, 0.5) is 5.82 Å². The Balaban J connectivity index is 2.12. The van der Waals surface area contributed by atoms with Gasteiger partial charge in [0.2, 0.25) is 0 Å². The Kier molecular flexibility index (Phi) is 3.87. The number of ether oxygens (including phenoxy) is 1. The monoisotopic (exact) mass is 317 g/mol. The third-order valence-corrected chi connectivity index (χ3v) is 4.86. The Morgan fingerprint density at radius 1 is 1.32 bits per heavy atom. The fourth-order valence-corrected chi connectivity index (χ4v) is 3.70. The third-order valence-electron chi connectivity index (χ3n) is 3.68. The van der Waals surface area contributed by atoms with Gasteiger partial charge in [-0.05, 0) is 38.5 Å². The van der Waals surface area contributed by atoms with Crippen molar-refractivity contribution in [2.45, 2.75) is 32.1 Å². The van der Waals surface area contributed by atoms with Crippen molar-refractivity contribution in [1.29, 1.82) is 0 Å². The van der Waals surface area contributed by atoms with E-state index >= 15 is 0 Å². The molecule has 1 aromatic heterocycles. The Morgan fingerprint density at radius 3 is 2.59 bits per heavy atom. The van der Waals surface area contributed by atoms with E-state index in [9.17, 15) is 4.79 Å². The number of rotatable bonds is 3. The molecule has 5 nitrogen and oxygen atoms in total. The summed E-state index contributed by atoms with van der Waals surface area (Å²) in [6.45, 7) is 6.04. The average Bonchev–Trinajstić information content (AvgIpc) is 2.84. The summed E-state index contributed by atoms with van der Waals surface area (Å²) in [5, 5.41) is 3.83. The Hall–Kier alpha value is -1.95. The zero-order valence-electron chi connectivity index (χ0n) is 13.1. The van der Waals surface area contributed by atoms with Crippen LogP contribution in [-0.2, 0) is 0 Å². The van der Waals surface area contributed by atoms with Crippen molar-refractivity contribution in [3.63, 3.8) is 0 Å². The fraction of sp³-hybridized carbons (Fsp3) is 0.375. The van der Waals surface area contributed by atoms with Crippen LogP contribution in [-0.4, -0.2) is 21.9 Å². The molecule has 22 heavy (non-hydrogen) atoms. The molecule has 0 saturated heterocycles. The number of hydrogen-bond donors (Lipinski definition) is 1. The molecule has 1 atom stereocenters. The lowest BCUT2D eigenvalue weighted by Gasteiger charge is -2.21. The number of benzene rings is 1. The van der Waals surface area contributed by atoms with Crippen molar-refractivity contribution in [1.82, 2.24) is 9.78 Å². The standard InChI is InChI=1S/C16H19N3O2S/c1-9(2)19-15-13(16(20)18-19)14(22-10(3)17-15)11-5-7-12(21-4)8-6-11/h5-9,14H,1-4H3,(H,18,20)/t14-/m1/s1. The Bertz CT molecular complexity index is 772. The maximum Gasteiger partial charge on any atom is 0.271 e. The van der Waals surface area contributed by atoms with E-state index in [0.29, 0.717) is 0 Å². The summed E-state index contributed by atoms with van der Waals surface area (Å²) in [5.74, 6) is 1.56. The van der Waals surface area contributed by atoms with Crippen molar-refractivity contribution >= 4 is 22.6 Å². The summed E-state index contributed by atoms with van der Waals surface area (Å²) < 4.78 is 7.05. The third kappa shape index (κ3) is 2.47. The molecule has 0 unspecified atom stereocenters. The number of thioether (sulfide) groups is 1. The predicted octanol–water partition coefficient (Wildman–Crippen LogP) is 3.65. The topological polar surface area (TPSA) is 59.4 Å². The van der Waals surface area contributed by atoms with Gasteiger partial charge >= 0.3 is 0 Å². The molecule has 1 aliphatic heterocycles. The van der Waals surface area contributed by atoms with Crippen molar-refractivity contribution < 1.29 is 4.74 Å². The molecule has 0 saturated carbocycles. The number of aromatic amines is 1. The summed E-state index contributed by atoms with van der Waals surface area (Å²) in [5.41, 5.74) is 1.75. The number of methoxy groups -OCH3 is 1. The number of aromatic nitrogens is 2. The van der Waals surface area contributed by atoms with Crippen molar-refractivity contribution in [3.8, 4) is 5.75 Å². The van der Waals surface area contributed by atoms with Gasteiger partial charge in [0.25, 0.3) is 5.56 Å². The van der Waals surface area contributed by atoms with Gasteiger partial charge in [0.15, 0.2) is 5.82 Å². The second kappa shape index (κ2) is 5.68. The molecule has 0 spiro atoms. The van der Waals surface area contributed by atoms with Crippen LogP contribution in [0.5, 0.6) is 5.75 Å². The van der Waals surface area contributed by atoms with Gasteiger partial charge < -0.3 is 4.74 Å². The Morgan fingerprint density at radius 2 is 2.00 bits per heavy atom. The summed E-state index contributed by atoms with van der Waals surface area (Å²) in [7, 11) is 1.65. The molecule has 1 aliphatic rings. The number of fused-ring (bicyclic) bond motifs is 1. The van der Waals surface area contributed by atoms with Crippen LogP contribution >= 0.6 is 11.8 Å². The van der Waals surface area contributed by atoms with Crippen LogP contribution in [0.15, 0.2) is 34.1 Å². The molecular weight excluding hydrogens is 298 g/mol. The first kappa shape index (κ1) is 15.0. The molecule has 2 heterocycles. The minimum Gasteiger partial charge on any atom is -0.497 e. The largest absolute Gasteiger partial charge is 0.497 e. The molecule has 0 aliphatic carbocycles. The molecule has 0 radical (unpaired) electrons. The molecular formula is C16H19N3O2S. The first-order valence-electron chi connectivity index (χ1n) is 7.21. The number of aliphatic imine (C=N–C) groups is 1. The summed E-state index contributed by atoms with van der Waals surface area (Å²) in [6, 6.07) is 8.01. The van der Waals surface area contributed by atoms with E-state index in [1.54, 1.807) is 18.9 Å². The average molecular weight is 317 g/mol. The van der Waals surface area contributed by atoms with Crippen LogP contribution in [0.1, 0.15) is 43.2 Å². The lowest BCUT2D eigenvalue weighted by atomic mass is 10.1. The first-order chi connectivity index (χ1) is 10.5. The molecule has 1 N–H and O–H groups in total. The number of hydrogen-bond acceptors (Lipinski definition) is 4. The second-order valence-corrected chi connectivity index (χ2v) is 6.84. The van der Waals surface area contributed by atoms with Crippen molar-refractivity contribution in [3.05, 3.63) is 45.7 Å². The molecule has 2 aromatic rings. The highest BCUT2D eigenvalue weighted by atomic mass is 32.2. The van der Waals surface area contributed by atoms with Gasteiger partial charge in [0.1, 0.15) is 5.75 Å². The van der Waals surface area contributed by atoms with E-state index < -0.39 is 0 Å². The first-order valence-corrected chi connectivity index (χ1v) is 8.09. The summed E-state index contributed by atoms with van der Waals surface area (Å²) in [4.78, 5) is 17.0. The normalized spacial score (nSPS) is 17.3. The zero-order chi connectivity index (χ0) is 15.9. The molecule has 3 rings (SSSR count).